The Morgan fingerprint density at radius 1 is 1.53 bits per heavy atom. The molecule has 0 atom stereocenters. The highest BCUT2D eigenvalue weighted by atomic mass is 127. The standard InChI is InChI=1S/C8H6FIN2O2S/c9-6-2-1-3-7(8(6)10)12-15(13,14)5-4-11/h1-3,12H,5H2. The van der Waals surface area contributed by atoms with Gasteiger partial charge in [0.05, 0.1) is 15.3 Å². The van der Waals surface area contributed by atoms with Gasteiger partial charge in [0.1, 0.15) is 5.82 Å². The van der Waals surface area contributed by atoms with E-state index in [9.17, 15) is 12.8 Å². The summed E-state index contributed by atoms with van der Waals surface area (Å²) in [5.74, 6) is -1.16. The number of sulfonamides is 1. The van der Waals surface area contributed by atoms with E-state index in [1.807, 2.05) is 0 Å². The van der Waals surface area contributed by atoms with Gasteiger partial charge in [-0.05, 0) is 34.7 Å². The van der Waals surface area contributed by atoms with E-state index >= 15 is 0 Å². The molecule has 15 heavy (non-hydrogen) atoms. The Morgan fingerprint density at radius 3 is 2.80 bits per heavy atom. The van der Waals surface area contributed by atoms with E-state index in [1.165, 1.54) is 24.3 Å². The summed E-state index contributed by atoms with van der Waals surface area (Å²) in [4.78, 5) is 0. The molecular weight excluding hydrogens is 334 g/mol. The van der Waals surface area contributed by atoms with E-state index in [2.05, 4.69) is 4.72 Å². The molecule has 0 bridgehead atoms. The molecule has 0 saturated carbocycles. The van der Waals surface area contributed by atoms with Crippen molar-refractivity contribution in [3.63, 3.8) is 0 Å². The second kappa shape index (κ2) is 4.76. The third-order valence-corrected chi connectivity index (χ3v) is 3.61. The second-order valence-corrected chi connectivity index (χ2v) is 5.42. The Balaban J connectivity index is 3.02. The number of benzene rings is 1. The Hall–Kier alpha value is -0.880. The van der Waals surface area contributed by atoms with Crippen molar-refractivity contribution in [2.45, 2.75) is 0 Å². The molecule has 7 heteroatoms. The first-order valence-corrected chi connectivity index (χ1v) is 6.51. The molecule has 0 fully saturated rings. The topological polar surface area (TPSA) is 70.0 Å². The molecule has 4 nitrogen and oxygen atoms in total. The molecule has 0 amide bonds. The van der Waals surface area contributed by atoms with Crippen molar-refractivity contribution in [1.82, 2.24) is 0 Å². The summed E-state index contributed by atoms with van der Waals surface area (Å²) in [6.45, 7) is 0. The number of nitrogens with zero attached hydrogens (tertiary/aromatic N) is 1. The summed E-state index contributed by atoms with van der Waals surface area (Å²) >= 11 is 1.69. The van der Waals surface area contributed by atoms with Crippen molar-refractivity contribution in [2.75, 3.05) is 10.5 Å². The predicted molar refractivity (Wildman–Crippen MR) is 62.1 cm³/mol. The monoisotopic (exact) mass is 340 g/mol. The van der Waals surface area contributed by atoms with Crippen molar-refractivity contribution < 1.29 is 12.8 Å². The molecule has 0 radical (unpaired) electrons. The number of halogens is 2. The average molecular weight is 340 g/mol. The number of hydrogen-bond donors (Lipinski definition) is 1. The molecule has 0 saturated heterocycles. The summed E-state index contributed by atoms with van der Waals surface area (Å²) in [5.41, 5.74) is 0.144. The summed E-state index contributed by atoms with van der Waals surface area (Å²) in [7, 11) is -3.71. The quantitative estimate of drug-likeness (QED) is 0.852. The minimum absolute atomic E-state index is 0.144. The zero-order valence-corrected chi connectivity index (χ0v) is 10.3. The van der Waals surface area contributed by atoms with Crippen molar-refractivity contribution in [3.05, 3.63) is 27.6 Å². The average Bonchev–Trinajstić information content (AvgIpc) is 2.12. The van der Waals surface area contributed by atoms with E-state index in [1.54, 1.807) is 22.6 Å². The van der Waals surface area contributed by atoms with Crippen molar-refractivity contribution >= 4 is 38.3 Å². The van der Waals surface area contributed by atoms with Crippen LogP contribution in [0.4, 0.5) is 10.1 Å². The molecule has 1 aromatic carbocycles. The maximum absolute atomic E-state index is 13.0. The van der Waals surface area contributed by atoms with Crippen LogP contribution in [0.1, 0.15) is 0 Å². The molecule has 0 heterocycles. The molecule has 0 spiro atoms. The molecule has 0 aliphatic carbocycles. The van der Waals surface area contributed by atoms with Crippen LogP contribution in [0, 0.1) is 20.7 Å². The second-order valence-electron chi connectivity index (χ2n) is 2.62. The highest BCUT2D eigenvalue weighted by Gasteiger charge is 2.13. The van der Waals surface area contributed by atoms with Crippen molar-refractivity contribution in [3.8, 4) is 6.07 Å². The lowest BCUT2D eigenvalue weighted by atomic mass is 10.3. The minimum Gasteiger partial charge on any atom is -0.282 e. The van der Waals surface area contributed by atoms with Gasteiger partial charge in [-0.3, -0.25) is 4.72 Å². The smallest absolute Gasteiger partial charge is 0.246 e. The maximum atomic E-state index is 13.0. The van der Waals surface area contributed by atoms with E-state index in [0.29, 0.717) is 0 Å². The number of rotatable bonds is 3. The lowest BCUT2D eigenvalue weighted by molar-refractivity contribution is 0.604. The first-order valence-electron chi connectivity index (χ1n) is 3.78. The van der Waals surface area contributed by atoms with Gasteiger partial charge >= 0.3 is 0 Å². The van der Waals surface area contributed by atoms with E-state index in [-0.39, 0.29) is 9.26 Å². The van der Waals surface area contributed by atoms with E-state index < -0.39 is 21.6 Å². The minimum atomic E-state index is -3.71. The summed E-state index contributed by atoms with van der Waals surface area (Å²) < 4.78 is 37.7. The summed E-state index contributed by atoms with van der Waals surface area (Å²) in [6, 6.07) is 5.56. The number of anilines is 1. The zero-order chi connectivity index (χ0) is 11.5. The van der Waals surface area contributed by atoms with Crippen LogP contribution in [-0.2, 0) is 10.0 Å². The lowest BCUT2D eigenvalue weighted by Gasteiger charge is -2.07. The fourth-order valence-corrected chi connectivity index (χ4v) is 2.30. The zero-order valence-electron chi connectivity index (χ0n) is 7.37. The Bertz CT molecular complexity index is 510. The van der Waals surface area contributed by atoms with Crippen molar-refractivity contribution in [2.24, 2.45) is 0 Å². The maximum Gasteiger partial charge on any atom is 0.246 e. The van der Waals surface area contributed by atoms with Crippen LogP contribution in [0.5, 0.6) is 0 Å². The fourth-order valence-electron chi connectivity index (χ4n) is 0.871. The highest BCUT2D eigenvalue weighted by Crippen LogP contribution is 2.21. The summed E-state index contributed by atoms with van der Waals surface area (Å²) in [5, 5.41) is 8.26. The highest BCUT2D eigenvalue weighted by molar-refractivity contribution is 14.1. The molecule has 0 unspecified atom stereocenters. The van der Waals surface area contributed by atoms with Gasteiger partial charge in [-0.15, -0.1) is 0 Å². The van der Waals surface area contributed by atoms with Gasteiger partial charge in [0.2, 0.25) is 10.0 Å². The molecule has 0 aliphatic rings. The van der Waals surface area contributed by atoms with Gasteiger partial charge in [-0.1, -0.05) is 6.07 Å². The molecular formula is C8H6FIN2O2S. The third kappa shape index (κ3) is 3.32. The van der Waals surface area contributed by atoms with Gasteiger partial charge in [0.25, 0.3) is 0 Å². The Labute approximate surface area is 100 Å². The van der Waals surface area contributed by atoms with Crippen LogP contribution in [0.3, 0.4) is 0 Å². The van der Waals surface area contributed by atoms with Gasteiger partial charge in [-0.25, -0.2) is 12.8 Å². The van der Waals surface area contributed by atoms with Crippen LogP contribution in [0.25, 0.3) is 0 Å². The Kier molecular flexibility index (Phi) is 3.87. The SMILES string of the molecule is N#CCS(=O)(=O)Nc1cccc(F)c1I. The normalized spacial score (nSPS) is 10.7. The molecule has 1 rings (SSSR count). The third-order valence-electron chi connectivity index (χ3n) is 1.47. The molecule has 1 aromatic rings. The Morgan fingerprint density at radius 2 is 2.20 bits per heavy atom. The molecule has 1 N–H and O–H groups in total. The van der Waals surface area contributed by atoms with Crippen molar-refractivity contribution in [1.29, 1.82) is 5.26 Å². The molecule has 80 valence electrons. The van der Waals surface area contributed by atoms with Gasteiger partial charge in [0.15, 0.2) is 5.75 Å². The lowest BCUT2D eigenvalue weighted by Crippen LogP contribution is -2.16. The number of nitriles is 1. The van der Waals surface area contributed by atoms with Gasteiger partial charge in [0, 0.05) is 0 Å². The van der Waals surface area contributed by atoms with E-state index in [0.717, 1.165) is 0 Å². The number of nitrogens with one attached hydrogen (secondary N) is 1. The van der Waals surface area contributed by atoms with Crippen LogP contribution >= 0.6 is 22.6 Å². The van der Waals surface area contributed by atoms with Gasteiger partial charge in [-0.2, -0.15) is 5.26 Å². The molecule has 0 aromatic heterocycles. The van der Waals surface area contributed by atoms with Crippen LogP contribution in [-0.4, -0.2) is 14.2 Å². The molecule has 0 aliphatic heterocycles. The predicted octanol–water partition coefficient (Wildman–Crippen LogP) is 1.70. The van der Waals surface area contributed by atoms with E-state index in [4.69, 9.17) is 5.26 Å². The van der Waals surface area contributed by atoms with Crippen LogP contribution in [0.2, 0.25) is 0 Å². The largest absolute Gasteiger partial charge is 0.282 e. The fraction of sp³-hybridized carbons (Fsp3) is 0.125. The van der Waals surface area contributed by atoms with Crippen LogP contribution < -0.4 is 4.72 Å². The first-order chi connectivity index (χ1) is 6.96. The van der Waals surface area contributed by atoms with Gasteiger partial charge < -0.3 is 0 Å². The number of hydrogen-bond acceptors (Lipinski definition) is 3. The first kappa shape index (κ1) is 12.2. The summed E-state index contributed by atoms with van der Waals surface area (Å²) in [6.07, 6.45) is 0. The van der Waals surface area contributed by atoms with Crippen LogP contribution in [0.15, 0.2) is 18.2 Å².